The lowest BCUT2D eigenvalue weighted by Gasteiger charge is -2.28. The fourth-order valence-electron chi connectivity index (χ4n) is 3.89. The minimum Gasteiger partial charge on any atom is -0.329 e. The molecule has 0 aliphatic carbocycles. The maximum Gasteiger partial charge on any atom is 0.230 e. The van der Waals surface area contributed by atoms with Gasteiger partial charge >= 0.3 is 0 Å². The van der Waals surface area contributed by atoms with Gasteiger partial charge in [-0.2, -0.15) is 0 Å². The van der Waals surface area contributed by atoms with Gasteiger partial charge in [-0.3, -0.25) is 14.4 Å². The number of amides is 2. The lowest BCUT2D eigenvalue weighted by Crippen LogP contribution is -2.44. The van der Waals surface area contributed by atoms with Gasteiger partial charge in [-0.05, 0) is 75.4 Å². The van der Waals surface area contributed by atoms with Crippen LogP contribution in [0.25, 0.3) is 0 Å². The van der Waals surface area contributed by atoms with Gasteiger partial charge in [0.05, 0.1) is 5.92 Å². The molecule has 3 N–H and O–H groups in total. The van der Waals surface area contributed by atoms with Crippen LogP contribution in [0.1, 0.15) is 45.0 Å². The Balaban J connectivity index is 0.000000454. The summed E-state index contributed by atoms with van der Waals surface area (Å²) in [4.78, 5) is 33.6. The van der Waals surface area contributed by atoms with E-state index in [9.17, 15) is 18.8 Å². The van der Waals surface area contributed by atoms with Crippen molar-refractivity contribution in [2.45, 2.75) is 40.2 Å². The number of halogens is 3. The van der Waals surface area contributed by atoms with Gasteiger partial charge in [0.1, 0.15) is 5.83 Å². The molecule has 1 aliphatic rings. The largest absolute Gasteiger partial charge is 0.329 e. The first-order chi connectivity index (χ1) is 18.4. The molecule has 0 saturated carbocycles. The molecular formula is C30H36Cl2FN3O3. The summed E-state index contributed by atoms with van der Waals surface area (Å²) in [6, 6.07) is 13.6. The quantitative estimate of drug-likeness (QED) is 0.172. The second-order valence-electron chi connectivity index (χ2n) is 8.94. The van der Waals surface area contributed by atoms with Crippen LogP contribution in [0.4, 0.5) is 15.8 Å². The number of allylic oxidation sites excluding steroid dienone is 4. The number of Topliss-reactive ketones (excluding diaryl/α,β-unsaturated/α-hetero) is 1. The number of anilines is 2. The molecule has 1 heterocycles. The Labute approximate surface area is 240 Å². The molecule has 3 rings (SSSR count). The van der Waals surface area contributed by atoms with Crippen molar-refractivity contribution in [3.05, 3.63) is 94.8 Å². The van der Waals surface area contributed by atoms with E-state index in [0.717, 1.165) is 0 Å². The molecule has 2 unspecified atom stereocenters. The zero-order chi connectivity index (χ0) is 29.6. The van der Waals surface area contributed by atoms with Gasteiger partial charge in [-0.15, -0.1) is 0 Å². The molecule has 2 aromatic carbocycles. The first-order valence-corrected chi connectivity index (χ1v) is 13.2. The average molecular weight is 577 g/mol. The Bertz CT molecular complexity index is 1190. The summed E-state index contributed by atoms with van der Waals surface area (Å²) < 4.78 is 14.6. The van der Waals surface area contributed by atoms with Gasteiger partial charge in [0.15, 0.2) is 5.78 Å². The summed E-state index contributed by atoms with van der Waals surface area (Å²) in [5.74, 6) is -1.75. The molecule has 1 fully saturated rings. The third-order valence-electron chi connectivity index (χ3n) is 5.74. The predicted octanol–water partition coefficient (Wildman–Crippen LogP) is 7.54. The molecule has 0 radical (unpaired) electrons. The Hall–Kier alpha value is -3.26. The first-order valence-electron chi connectivity index (χ1n) is 12.5. The van der Waals surface area contributed by atoms with Crippen molar-refractivity contribution in [1.82, 2.24) is 5.32 Å². The maximum absolute atomic E-state index is 14.6. The molecule has 1 aliphatic heterocycles. The van der Waals surface area contributed by atoms with E-state index in [1.165, 1.54) is 25.2 Å². The minimum absolute atomic E-state index is 0.0210. The van der Waals surface area contributed by atoms with Crippen LogP contribution in [0, 0.1) is 11.8 Å². The predicted molar refractivity (Wildman–Crippen MR) is 160 cm³/mol. The van der Waals surface area contributed by atoms with E-state index in [1.54, 1.807) is 48.5 Å². The van der Waals surface area contributed by atoms with Crippen LogP contribution in [-0.4, -0.2) is 30.2 Å². The van der Waals surface area contributed by atoms with Gasteiger partial charge in [0, 0.05) is 45.0 Å². The highest BCUT2D eigenvalue weighted by Crippen LogP contribution is 2.37. The average Bonchev–Trinajstić information content (AvgIpc) is 3.21. The highest BCUT2D eigenvalue weighted by molar-refractivity contribution is 6.31. The van der Waals surface area contributed by atoms with Gasteiger partial charge < -0.3 is 16.0 Å². The van der Waals surface area contributed by atoms with Crippen molar-refractivity contribution in [2.24, 2.45) is 11.8 Å². The summed E-state index contributed by atoms with van der Waals surface area (Å²) >= 11 is 11.6. The number of nitrogens with one attached hydrogen (secondary N) is 3. The molecule has 1 saturated heterocycles. The second-order valence-corrected chi connectivity index (χ2v) is 9.86. The van der Waals surface area contributed by atoms with E-state index < -0.39 is 17.4 Å². The van der Waals surface area contributed by atoms with E-state index in [4.69, 9.17) is 23.2 Å². The van der Waals surface area contributed by atoms with E-state index >= 15 is 0 Å². The van der Waals surface area contributed by atoms with Crippen LogP contribution < -0.4 is 16.0 Å². The standard InChI is InChI=1S/C19H21Cl2FN2O.C9H9NO2.C2H6/c1-12(20)6-4-9-16(22)15-11-23-19(2,3)17(15)18(25)24-14-8-5-7-13(21)10-14;1-7(12)8-2-4-9(5-3-8)10-6-11;1-2/h4-10,15,17,23H,1,11H2,2-3H3,(H,24,25);2-6H,1H3,(H,10,11);1-2H3/b6-4-,16-9-;;. The van der Waals surface area contributed by atoms with Gasteiger partial charge in [-0.1, -0.05) is 55.8 Å². The number of hydrogen-bond donors (Lipinski definition) is 3. The van der Waals surface area contributed by atoms with E-state index in [2.05, 4.69) is 22.5 Å². The number of benzene rings is 2. The van der Waals surface area contributed by atoms with Crippen molar-refractivity contribution < 1.29 is 18.8 Å². The Kier molecular flexibility index (Phi) is 14.4. The van der Waals surface area contributed by atoms with Crippen LogP contribution in [0.2, 0.25) is 5.02 Å². The molecular weight excluding hydrogens is 540 g/mol. The summed E-state index contributed by atoms with van der Waals surface area (Å²) in [5, 5.41) is 9.36. The molecule has 0 aromatic heterocycles. The Morgan fingerprint density at radius 3 is 2.31 bits per heavy atom. The molecule has 2 aromatic rings. The summed E-state index contributed by atoms with van der Waals surface area (Å²) in [7, 11) is 0. The van der Waals surface area contributed by atoms with Crippen molar-refractivity contribution in [3.63, 3.8) is 0 Å². The number of carbonyl (C=O) groups excluding carboxylic acids is 3. The van der Waals surface area contributed by atoms with Crippen molar-refractivity contribution >= 4 is 52.7 Å². The molecule has 2 amide bonds. The summed E-state index contributed by atoms with van der Waals surface area (Å²) in [6.07, 6.45) is 4.90. The first kappa shape index (κ1) is 33.8. The number of rotatable bonds is 8. The Morgan fingerprint density at radius 1 is 1.13 bits per heavy atom. The third-order valence-corrected chi connectivity index (χ3v) is 6.10. The highest BCUT2D eigenvalue weighted by Gasteiger charge is 2.47. The van der Waals surface area contributed by atoms with Crippen LogP contribution in [-0.2, 0) is 9.59 Å². The zero-order valence-electron chi connectivity index (χ0n) is 22.9. The van der Waals surface area contributed by atoms with Crippen LogP contribution in [0.5, 0.6) is 0 Å². The topological polar surface area (TPSA) is 87.3 Å². The van der Waals surface area contributed by atoms with Gasteiger partial charge in [-0.25, -0.2) is 4.39 Å². The maximum atomic E-state index is 14.6. The summed E-state index contributed by atoms with van der Waals surface area (Å²) in [5.41, 5.74) is 1.38. The van der Waals surface area contributed by atoms with E-state index in [0.29, 0.717) is 39.9 Å². The Morgan fingerprint density at radius 2 is 1.77 bits per heavy atom. The third kappa shape index (κ3) is 11.2. The molecule has 210 valence electrons. The lowest BCUT2D eigenvalue weighted by atomic mass is 9.81. The van der Waals surface area contributed by atoms with Crippen molar-refractivity contribution in [1.29, 1.82) is 0 Å². The van der Waals surface area contributed by atoms with Crippen molar-refractivity contribution in [2.75, 3.05) is 17.2 Å². The normalized spacial score (nSPS) is 17.7. The monoisotopic (exact) mass is 575 g/mol. The minimum atomic E-state index is -0.574. The SMILES string of the molecule is C=C(Cl)/C=C\C=C(/F)C1CNC(C)(C)C1C(=O)Nc1cccc(Cl)c1.CC.CC(=O)c1ccc(NC=O)cc1. The fourth-order valence-corrected chi connectivity index (χ4v) is 4.16. The van der Waals surface area contributed by atoms with E-state index in [-0.39, 0.29) is 17.5 Å². The lowest BCUT2D eigenvalue weighted by molar-refractivity contribution is -0.122. The number of carbonyl (C=O) groups is 3. The van der Waals surface area contributed by atoms with Gasteiger partial charge in [0.25, 0.3) is 0 Å². The van der Waals surface area contributed by atoms with Crippen LogP contribution >= 0.6 is 23.2 Å². The molecule has 2 atom stereocenters. The smallest absolute Gasteiger partial charge is 0.230 e. The fraction of sp³-hybridized carbons (Fsp3) is 0.300. The van der Waals surface area contributed by atoms with Crippen molar-refractivity contribution in [3.8, 4) is 0 Å². The zero-order valence-corrected chi connectivity index (χ0v) is 24.4. The van der Waals surface area contributed by atoms with Gasteiger partial charge in [0.2, 0.25) is 12.3 Å². The van der Waals surface area contributed by atoms with Crippen LogP contribution in [0.3, 0.4) is 0 Å². The number of hydrogen-bond acceptors (Lipinski definition) is 4. The second kappa shape index (κ2) is 16.6. The molecule has 9 heteroatoms. The molecule has 0 spiro atoms. The molecule has 0 bridgehead atoms. The summed E-state index contributed by atoms with van der Waals surface area (Å²) in [6.45, 7) is 13.2. The molecule has 39 heavy (non-hydrogen) atoms. The number of ketones is 1. The van der Waals surface area contributed by atoms with E-state index in [1.807, 2.05) is 27.7 Å². The van der Waals surface area contributed by atoms with Crippen LogP contribution in [0.15, 0.2) is 84.2 Å². The highest BCUT2D eigenvalue weighted by atomic mass is 35.5. The molecule has 6 nitrogen and oxygen atoms in total.